The summed E-state index contributed by atoms with van der Waals surface area (Å²) in [5.74, 6) is 0.165. The minimum absolute atomic E-state index is 0.165. The van der Waals surface area contributed by atoms with Crippen molar-refractivity contribution in [2.75, 3.05) is 7.05 Å². The third-order valence-corrected chi connectivity index (χ3v) is 6.01. The Kier molecular flexibility index (Phi) is 5.90. The highest BCUT2D eigenvalue weighted by Gasteiger charge is 2.22. The maximum atomic E-state index is 12.6. The summed E-state index contributed by atoms with van der Waals surface area (Å²) >= 11 is 7.78. The number of benzene rings is 1. The fourth-order valence-corrected chi connectivity index (χ4v) is 4.41. The predicted octanol–water partition coefficient (Wildman–Crippen LogP) is 5.19. The van der Waals surface area contributed by atoms with Crippen molar-refractivity contribution in [1.29, 1.82) is 0 Å². The zero-order valence-electron chi connectivity index (χ0n) is 14.0. The van der Waals surface area contributed by atoms with E-state index in [2.05, 4.69) is 4.98 Å². The molecule has 1 aliphatic rings. The Morgan fingerprint density at radius 1 is 1.25 bits per heavy atom. The molecule has 1 aromatic heterocycles. The Labute approximate surface area is 152 Å². The molecule has 0 aliphatic heterocycles. The van der Waals surface area contributed by atoms with E-state index in [9.17, 15) is 4.79 Å². The van der Waals surface area contributed by atoms with Gasteiger partial charge in [-0.1, -0.05) is 55.5 Å². The Balaban J connectivity index is 1.65. The van der Waals surface area contributed by atoms with E-state index in [4.69, 9.17) is 11.6 Å². The number of hydrogen-bond donors (Lipinski definition) is 0. The quantitative estimate of drug-likeness (QED) is 0.701. The smallest absolute Gasteiger partial charge is 0.228 e. The first kappa shape index (κ1) is 17.4. The van der Waals surface area contributed by atoms with Crippen LogP contribution in [0.2, 0.25) is 5.02 Å². The van der Waals surface area contributed by atoms with Gasteiger partial charge in [0.05, 0.1) is 17.1 Å². The first-order chi connectivity index (χ1) is 11.6. The molecule has 0 bridgehead atoms. The lowest BCUT2D eigenvalue weighted by atomic mass is 10.1. The summed E-state index contributed by atoms with van der Waals surface area (Å²) in [6.07, 6.45) is 7.69. The number of aromatic nitrogens is 1. The summed E-state index contributed by atoms with van der Waals surface area (Å²) in [5.41, 5.74) is 1.76. The number of carbonyl (C=O) groups is 1. The normalized spacial score (nSPS) is 15.9. The molecule has 0 N–H and O–H groups in total. The van der Waals surface area contributed by atoms with Crippen LogP contribution in [0.15, 0.2) is 29.6 Å². The Bertz CT molecular complexity index is 692. The van der Waals surface area contributed by atoms with E-state index >= 15 is 0 Å². The van der Waals surface area contributed by atoms with Gasteiger partial charge in [0.25, 0.3) is 0 Å². The summed E-state index contributed by atoms with van der Waals surface area (Å²) in [7, 11) is 1.94. The highest BCUT2D eigenvalue weighted by Crippen LogP contribution is 2.30. The number of halogens is 1. The van der Waals surface area contributed by atoms with Crippen molar-refractivity contribution in [3.8, 4) is 10.6 Å². The third-order valence-electron chi connectivity index (χ3n) is 4.75. The van der Waals surface area contributed by atoms with E-state index in [0.717, 1.165) is 29.1 Å². The molecule has 1 amide bonds. The minimum atomic E-state index is 0.165. The van der Waals surface area contributed by atoms with E-state index in [-0.39, 0.29) is 5.91 Å². The van der Waals surface area contributed by atoms with Crippen LogP contribution in [0.4, 0.5) is 0 Å². The summed E-state index contributed by atoms with van der Waals surface area (Å²) in [4.78, 5) is 19.2. The number of hydrogen-bond acceptors (Lipinski definition) is 3. The summed E-state index contributed by atoms with van der Waals surface area (Å²) in [6, 6.07) is 8.08. The van der Waals surface area contributed by atoms with E-state index in [1.807, 2.05) is 41.6 Å². The predicted molar refractivity (Wildman–Crippen MR) is 101 cm³/mol. The highest BCUT2D eigenvalue weighted by atomic mass is 35.5. The zero-order chi connectivity index (χ0) is 16.9. The molecule has 24 heavy (non-hydrogen) atoms. The first-order valence-electron chi connectivity index (χ1n) is 8.60. The Morgan fingerprint density at radius 3 is 2.67 bits per heavy atom. The molecule has 0 radical (unpaired) electrons. The molecule has 2 aromatic rings. The third kappa shape index (κ3) is 4.17. The van der Waals surface area contributed by atoms with Crippen LogP contribution in [0, 0.1) is 0 Å². The van der Waals surface area contributed by atoms with Crippen molar-refractivity contribution >= 4 is 28.8 Å². The van der Waals surface area contributed by atoms with Crippen LogP contribution in [0.5, 0.6) is 0 Å². The number of rotatable bonds is 4. The van der Waals surface area contributed by atoms with Crippen molar-refractivity contribution in [2.45, 2.75) is 51.0 Å². The molecule has 3 rings (SSSR count). The summed E-state index contributed by atoms with van der Waals surface area (Å²) in [6.45, 7) is 0. The van der Waals surface area contributed by atoms with E-state index < -0.39 is 0 Å². The van der Waals surface area contributed by atoms with Gasteiger partial charge in [-0.25, -0.2) is 4.98 Å². The lowest BCUT2D eigenvalue weighted by Crippen LogP contribution is -2.37. The number of nitrogens with zero attached hydrogens (tertiary/aromatic N) is 2. The standard InChI is InChI=1S/C19H23ClN2OS/c1-22(15-8-4-2-3-5-9-15)18(23)12-14-13-24-19(21-14)16-10-6-7-11-17(16)20/h6-7,10-11,13,15H,2-5,8-9,12H2,1H3. The number of carbonyl (C=O) groups excluding carboxylic acids is 1. The zero-order valence-corrected chi connectivity index (χ0v) is 15.6. The van der Waals surface area contributed by atoms with Crippen LogP contribution in [0.3, 0.4) is 0 Å². The average molecular weight is 363 g/mol. The topological polar surface area (TPSA) is 33.2 Å². The van der Waals surface area contributed by atoms with Crippen molar-refractivity contribution in [3.05, 3.63) is 40.4 Å². The molecule has 1 saturated carbocycles. The monoisotopic (exact) mass is 362 g/mol. The van der Waals surface area contributed by atoms with Crippen LogP contribution in [0.1, 0.15) is 44.2 Å². The highest BCUT2D eigenvalue weighted by molar-refractivity contribution is 7.13. The first-order valence-corrected chi connectivity index (χ1v) is 9.86. The number of thiazole rings is 1. The van der Waals surface area contributed by atoms with Gasteiger partial charge in [-0.05, 0) is 18.9 Å². The van der Waals surface area contributed by atoms with Crippen molar-refractivity contribution in [3.63, 3.8) is 0 Å². The van der Waals surface area contributed by atoms with Crippen LogP contribution in [0.25, 0.3) is 10.6 Å². The molecule has 0 saturated heterocycles. The molecule has 1 fully saturated rings. The van der Waals surface area contributed by atoms with Crippen LogP contribution >= 0.6 is 22.9 Å². The maximum absolute atomic E-state index is 12.6. The van der Waals surface area contributed by atoms with E-state index in [1.165, 1.54) is 25.7 Å². The SMILES string of the molecule is CN(C(=O)Cc1csc(-c2ccccc2Cl)n1)C1CCCCCC1. The van der Waals surface area contributed by atoms with Crippen molar-refractivity contribution < 1.29 is 4.79 Å². The minimum Gasteiger partial charge on any atom is -0.342 e. The van der Waals surface area contributed by atoms with Gasteiger partial charge < -0.3 is 4.90 Å². The largest absolute Gasteiger partial charge is 0.342 e. The van der Waals surface area contributed by atoms with Crippen LogP contribution in [-0.4, -0.2) is 28.9 Å². The van der Waals surface area contributed by atoms with Gasteiger partial charge in [-0.3, -0.25) is 4.79 Å². The lowest BCUT2D eigenvalue weighted by molar-refractivity contribution is -0.131. The average Bonchev–Trinajstić information content (AvgIpc) is 2.87. The number of amides is 1. The van der Waals surface area contributed by atoms with Crippen molar-refractivity contribution in [2.24, 2.45) is 0 Å². The number of likely N-dealkylation sites (N-methyl/N-ethyl adjacent to an activating group) is 1. The van der Waals surface area contributed by atoms with Gasteiger partial charge >= 0.3 is 0 Å². The molecule has 1 heterocycles. The van der Waals surface area contributed by atoms with Gasteiger partial charge in [-0.2, -0.15) is 0 Å². The van der Waals surface area contributed by atoms with Crippen LogP contribution in [-0.2, 0) is 11.2 Å². The summed E-state index contributed by atoms with van der Waals surface area (Å²) < 4.78 is 0. The molecular weight excluding hydrogens is 340 g/mol. The molecule has 0 spiro atoms. The van der Waals surface area contributed by atoms with Gasteiger partial charge in [-0.15, -0.1) is 11.3 Å². The molecular formula is C19H23ClN2OS. The van der Waals surface area contributed by atoms with E-state index in [0.29, 0.717) is 17.5 Å². The van der Waals surface area contributed by atoms with Crippen molar-refractivity contribution in [1.82, 2.24) is 9.88 Å². The van der Waals surface area contributed by atoms with Gasteiger partial charge in [0, 0.05) is 24.0 Å². The second-order valence-corrected chi connectivity index (χ2v) is 7.72. The molecule has 5 heteroatoms. The van der Waals surface area contributed by atoms with Gasteiger partial charge in [0.1, 0.15) is 5.01 Å². The fourth-order valence-electron chi connectivity index (χ4n) is 3.27. The van der Waals surface area contributed by atoms with Crippen LogP contribution < -0.4 is 0 Å². The fraction of sp³-hybridized carbons (Fsp3) is 0.474. The van der Waals surface area contributed by atoms with E-state index in [1.54, 1.807) is 11.3 Å². The molecule has 0 atom stereocenters. The van der Waals surface area contributed by atoms with Gasteiger partial charge in [0.15, 0.2) is 0 Å². The summed E-state index contributed by atoms with van der Waals surface area (Å²) in [5, 5.41) is 3.54. The maximum Gasteiger partial charge on any atom is 0.228 e. The molecule has 3 nitrogen and oxygen atoms in total. The molecule has 0 unspecified atom stereocenters. The second kappa shape index (κ2) is 8.13. The second-order valence-electron chi connectivity index (χ2n) is 6.45. The Morgan fingerprint density at radius 2 is 1.96 bits per heavy atom. The molecule has 1 aromatic carbocycles. The molecule has 128 valence electrons. The Hall–Kier alpha value is -1.39. The lowest BCUT2D eigenvalue weighted by Gasteiger charge is -2.27. The molecule has 1 aliphatic carbocycles. The van der Waals surface area contributed by atoms with Gasteiger partial charge in [0.2, 0.25) is 5.91 Å².